The Labute approximate surface area is 189 Å². The van der Waals surface area contributed by atoms with Gasteiger partial charge in [-0.2, -0.15) is 0 Å². The van der Waals surface area contributed by atoms with Gasteiger partial charge < -0.3 is 20.6 Å². The fourth-order valence-corrected chi connectivity index (χ4v) is 4.30. The quantitative estimate of drug-likeness (QED) is 0.522. The molecule has 0 unspecified atom stereocenters. The van der Waals surface area contributed by atoms with Crippen molar-refractivity contribution in [1.29, 1.82) is 0 Å². The van der Waals surface area contributed by atoms with Crippen LogP contribution in [0, 0.1) is 0 Å². The van der Waals surface area contributed by atoms with E-state index in [0.717, 1.165) is 25.2 Å². The highest BCUT2D eigenvalue weighted by atomic mass is 35.5. The van der Waals surface area contributed by atoms with Gasteiger partial charge in [-0.3, -0.25) is 4.79 Å². The molecule has 3 N–H and O–H groups in total. The highest BCUT2D eigenvalue weighted by Gasteiger charge is 2.24. The first-order valence-corrected chi connectivity index (χ1v) is 10.6. The van der Waals surface area contributed by atoms with E-state index >= 15 is 0 Å². The van der Waals surface area contributed by atoms with Crippen LogP contribution in [0.4, 0.5) is 5.69 Å². The van der Waals surface area contributed by atoms with Gasteiger partial charge in [0.15, 0.2) is 0 Å². The predicted molar refractivity (Wildman–Crippen MR) is 129 cm³/mol. The third-order valence-electron chi connectivity index (χ3n) is 5.86. The van der Waals surface area contributed by atoms with Crippen molar-refractivity contribution in [3.63, 3.8) is 0 Å². The molecule has 3 aromatic rings. The van der Waals surface area contributed by atoms with E-state index in [1.165, 1.54) is 16.3 Å². The highest BCUT2D eigenvalue weighted by Crippen LogP contribution is 2.26. The second kappa shape index (κ2) is 10.6. The van der Waals surface area contributed by atoms with Crippen molar-refractivity contribution >= 4 is 34.8 Å². The molecule has 5 nitrogen and oxygen atoms in total. The molecule has 1 aliphatic heterocycles. The molecule has 164 valence electrons. The molecule has 31 heavy (non-hydrogen) atoms. The molecular weight excluding hydrogens is 410 g/mol. The van der Waals surface area contributed by atoms with Gasteiger partial charge in [0.1, 0.15) is 0 Å². The van der Waals surface area contributed by atoms with Crippen molar-refractivity contribution in [2.75, 3.05) is 31.1 Å². The molecule has 1 fully saturated rings. The molecular formula is C25H30ClN3O2. The number of anilines is 1. The van der Waals surface area contributed by atoms with E-state index in [9.17, 15) is 4.79 Å². The molecule has 2 atom stereocenters. The standard InChI is InChI=1S/C25H29N3O2.ClH/c1-18(23-8-4-6-19-5-2-3-7-24(19)23)27-21-13-15-28(17-21)22-11-9-20(10-12-22)25(30)26-14-16-29;/h2-12,18,21,27,29H,13-17H2,1H3,(H,26,30);1H/t18-,21+;/m1./s1. The van der Waals surface area contributed by atoms with Gasteiger partial charge in [-0.1, -0.05) is 42.5 Å². The lowest BCUT2D eigenvalue weighted by molar-refractivity contribution is 0.0945. The Morgan fingerprint density at radius 3 is 2.61 bits per heavy atom. The number of amides is 1. The molecule has 1 saturated heterocycles. The molecule has 3 aromatic carbocycles. The van der Waals surface area contributed by atoms with Crippen LogP contribution in [-0.4, -0.2) is 43.3 Å². The number of carbonyl (C=O) groups excluding carboxylic acids is 1. The van der Waals surface area contributed by atoms with E-state index in [1.807, 2.05) is 24.3 Å². The molecule has 0 radical (unpaired) electrons. The smallest absolute Gasteiger partial charge is 0.251 e. The van der Waals surface area contributed by atoms with Gasteiger partial charge >= 0.3 is 0 Å². The molecule has 1 heterocycles. The highest BCUT2D eigenvalue weighted by molar-refractivity contribution is 5.94. The summed E-state index contributed by atoms with van der Waals surface area (Å²) in [4.78, 5) is 14.4. The van der Waals surface area contributed by atoms with Crippen molar-refractivity contribution in [2.24, 2.45) is 0 Å². The van der Waals surface area contributed by atoms with Crippen LogP contribution < -0.4 is 15.5 Å². The maximum absolute atomic E-state index is 12.0. The number of aliphatic hydroxyl groups excluding tert-OH is 1. The third kappa shape index (κ3) is 5.37. The zero-order valence-electron chi connectivity index (χ0n) is 17.8. The van der Waals surface area contributed by atoms with Crippen LogP contribution in [0.5, 0.6) is 0 Å². The second-order valence-corrected chi connectivity index (χ2v) is 7.91. The third-order valence-corrected chi connectivity index (χ3v) is 5.86. The van der Waals surface area contributed by atoms with Crippen LogP contribution in [-0.2, 0) is 0 Å². The first-order chi connectivity index (χ1) is 14.7. The molecule has 0 saturated carbocycles. The molecule has 0 aromatic heterocycles. The van der Waals surface area contributed by atoms with Crippen molar-refractivity contribution < 1.29 is 9.90 Å². The number of nitrogens with one attached hydrogen (secondary N) is 2. The maximum Gasteiger partial charge on any atom is 0.251 e. The Bertz CT molecular complexity index is 1000. The topological polar surface area (TPSA) is 64.6 Å². The first-order valence-electron chi connectivity index (χ1n) is 10.6. The summed E-state index contributed by atoms with van der Waals surface area (Å²) in [6.45, 7) is 4.41. The molecule has 0 bridgehead atoms. The van der Waals surface area contributed by atoms with Crippen molar-refractivity contribution in [3.05, 3.63) is 77.9 Å². The summed E-state index contributed by atoms with van der Waals surface area (Å²) in [6.07, 6.45) is 1.09. The summed E-state index contributed by atoms with van der Waals surface area (Å²) in [5, 5.41) is 17.9. The number of rotatable bonds is 7. The number of fused-ring (bicyclic) bond motifs is 1. The number of halogens is 1. The Hall–Kier alpha value is -2.60. The Morgan fingerprint density at radius 2 is 1.84 bits per heavy atom. The second-order valence-electron chi connectivity index (χ2n) is 7.91. The SMILES string of the molecule is C[C@@H](N[C@H]1CCN(c2ccc(C(=O)NCCO)cc2)C1)c1cccc2ccccc12.Cl. The van der Waals surface area contributed by atoms with Gasteiger partial charge in [0, 0.05) is 43.0 Å². The number of nitrogens with zero attached hydrogens (tertiary/aromatic N) is 1. The molecule has 0 spiro atoms. The van der Waals surface area contributed by atoms with Gasteiger partial charge in [0.05, 0.1) is 6.61 Å². The van der Waals surface area contributed by atoms with E-state index in [-0.39, 0.29) is 37.5 Å². The zero-order valence-corrected chi connectivity index (χ0v) is 18.6. The summed E-state index contributed by atoms with van der Waals surface area (Å²) in [5.41, 5.74) is 3.09. The predicted octanol–water partition coefficient (Wildman–Crippen LogP) is 3.91. The minimum atomic E-state index is -0.152. The largest absolute Gasteiger partial charge is 0.395 e. The number of hydrogen-bond acceptors (Lipinski definition) is 4. The Morgan fingerprint density at radius 1 is 1.10 bits per heavy atom. The molecule has 4 rings (SSSR count). The zero-order chi connectivity index (χ0) is 20.9. The van der Waals surface area contributed by atoms with Crippen LogP contribution in [0.3, 0.4) is 0 Å². The van der Waals surface area contributed by atoms with Gasteiger partial charge in [-0.25, -0.2) is 0 Å². The van der Waals surface area contributed by atoms with Gasteiger partial charge in [-0.05, 0) is 53.9 Å². The lowest BCUT2D eigenvalue weighted by Crippen LogP contribution is -2.34. The lowest BCUT2D eigenvalue weighted by Gasteiger charge is -2.23. The number of aliphatic hydroxyl groups is 1. The Balaban J connectivity index is 0.00000272. The minimum absolute atomic E-state index is 0. The average Bonchev–Trinajstić information content (AvgIpc) is 3.25. The van der Waals surface area contributed by atoms with Crippen LogP contribution in [0.1, 0.15) is 35.3 Å². The number of hydrogen-bond donors (Lipinski definition) is 3. The summed E-state index contributed by atoms with van der Waals surface area (Å²) in [6, 6.07) is 23.5. The van der Waals surface area contributed by atoms with Gasteiger partial charge in [0.25, 0.3) is 5.91 Å². The summed E-state index contributed by atoms with van der Waals surface area (Å²) < 4.78 is 0. The van der Waals surface area contributed by atoms with Crippen LogP contribution in [0.25, 0.3) is 10.8 Å². The lowest BCUT2D eigenvalue weighted by atomic mass is 9.99. The van der Waals surface area contributed by atoms with Crippen LogP contribution >= 0.6 is 12.4 Å². The van der Waals surface area contributed by atoms with E-state index in [2.05, 4.69) is 64.9 Å². The van der Waals surface area contributed by atoms with Crippen molar-refractivity contribution in [2.45, 2.75) is 25.4 Å². The number of benzene rings is 3. The molecule has 1 amide bonds. The summed E-state index contributed by atoms with van der Waals surface area (Å²) >= 11 is 0. The van der Waals surface area contributed by atoms with Crippen molar-refractivity contribution in [1.82, 2.24) is 10.6 Å². The molecule has 6 heteroatoms. The first kappa shape index (κ1) is 23.1. The molecule has 0 aliphatic carbocycles. The maximum atomic E-state index is 12.0. The average molecular weight is 440 g/mol. The monoisotopic (exact) mass is 439 g/mol. The van der Waals surface area contributed by atoms with Crippen LogP contribution in [0.15, 0.2) is 66.7 Å². The number of carbonyl (C=O) groups is 1. The summed E-state index contributed by atoms with van der Waals surface area (Å²) in [5.74, 6) is -0.152. The fourth-order valence-electron chi connectivity index (χ4n) is 4.30. The summed E-state index contributed by atoms with van der Waals surface area (Å²) in [7, 11) is 0. The Kier molecular flexibility index (Phi) is 7.91. The van der Waals surface area contributed by atoms with E-state index in [0.29, 0.717) is 11.6 Å². The van der Waals surface area contributed by atoms with Crippen LogP contribution in [0.2, 0.25) is 0 Å². The normalized spacial score (nSPS) is 16.7. The van der Waals surface area contributed by atoms with Gasteiger partial charge in [0.2, 0.25) is 0 Å². The van der Waals surface area contributed by atoms with E-state index < -0.39 is 0 Å². The minimum Gasteiger partial charge on any atom is -0.395 e. The van der Waals surface area contributed by atoms with E-state index in [4.69, 9.17) is 5.11 Å². The molecule has 1 aliphatic rings. The van der Waals surface area contributed by atoms with Crippen molar-refractivity contribution in [3.8, 4) is 0 Å². The van der Waals surface area contributed by atoms with Gasteiger partial charge in [-0.15, -0.1) is 12.4 Å². The van der Waals surface area contributed by atoms with E-state index in [1.54, 1.807) is 0 Å². The fraction of sp³-hybridized carbons (Fsp3) is 0.320.